The third-order valence-electron chi connectivity index (χ3n) is 6.63. The molecule has 0 spiro atoms. The fraction of sp³-hybridized carbons (Fsp3) is 0.333. The number of hydrogen-bond acceptors (Lipinski definition) is 7. The molecule has 0 aliphatic heterocycles. The van der Waals surface area contributed by atoms with Crippen LogP contribution in [-0.2, 0) is 0 Å². The van der Waals surface area contributed by atoms with Gasteiger partial charge in [0.05, 0.1) is 39.8 Å². The highest BCUT2D eigenvalue weighted by Gasteiger charge is 2.34. The first-order chi connectivity index (χ1) is 17.1. The molecule has 0 N–H and O–H groups in total. The van der Waals surface area contributed by atoms with Gasteiger partial charge in [0.15, 0.2) is 11.5 Å². The summed E-state index contributed by atoms with van der Waals surface area (Å²) in [4.78, 5) is 5.66. The number of fused-ring (bicyclic) bond motifs is 2. The lowest BCUT2D eigenvalue weighted by Crippen LogP contribution is -2.15. The molecule has 2 aliphatic rings. The molecule has 3 atom stereocenters. The van der Waals surface area contributed by atoms with Gasteiger partial charge in [-0.25, -0.2) is 9.67 Å². The lowest BCUT2D eigenvalue weighted by Gasteiger charge is -2.15. The van der Waals surface area contributed by atoms with Gasteiger partial charge in [0.1, 0.15) is 5.75 Å². The zero-order chi connectivity index (χ0) is 24.4. The summed E-state index contributed by atoms with van der Waals surface area (Å²) in [6.07, 6.45) is 9.15. The Bertz CT molecular complexity index is 1320. The van der Waals surface area contributed by atoms with Crippen LogP contribution < -0.4 is 23.7 Å². The Morgan fingerprint density at radius 3 is 2.37 bits per heavy atom. The summed E-state index contributed by atoms with van der Waals surface area (Å²) >= 11 is 1.53. The summed E-state index contributed by atoms with van der Waals surface area (Å²) in [5, 5.41) is 7.02. The Morgan fingerprint density at radius 2 is 1.74 bits per heavy atom. The second kappa shape index (κ2) is 10.00. The van der Waals surface area contributed by atoms with Crippen LogP contribution in [-0.4, -0.2) is 39.3 Å². The predicted molar refractivity (Wildman–Crippen MR) is 138 cm³/mol. The minimum atomic E-state index is 0.440. The SMILES string of the molecule is COc1cccc(N=c2scc(-c3cc(OC)c(OC)c(OC)c3)n2N=CC2CC3C=CC2C3)c1. The van der Waals surface area contributed by atoms with E-state index in [9.17, 15) is 0 Å². The molecule has 1 aromatic heterocycles. The topological polar surface area (TPSA) is 66.6 Å². The highest BCUT2D eigenvalue weighted by atomic mass is 32.1. The molecule has 1 saturated carbocycles. The van der Waals surface area contributed by atoms with Crippen LogP contribution in [0.25, 0.3) is 11.3 Å². The van der Waals surface area contributed by atoms with E-state index in [0.29, 0.717) is 35.0 Å². The van der Waals surface area contributed by atoms with E-state index in [1.54, 1.807) is 28.4 Å². The van der Waals surface area contributed by atoms with E-state index in [4.69, 9.17) is 29.0 Å². The molecule has 7 nitrogen and oxygen atoms in total. The number of methoxy groups -OCH3 is 4. The average molecular weight is 492 g/mol. The first-order valence-electron chi connectivity index (χ1n) is 11.6. The molecular weight excluding hydrogens is 462 g/mol. The molecule has 1 heterocycles. The largest absolute Gasteiger partial charge is 0.497 e. The van der Waals surface area contributed by atoms with Crippen molar-refractivity contribution in [3.8, 4) is 34.3 Å². The number of aromatic nitrogens is 1. The third-order valence-corrected chi connectivity index (χ3v) is 7.44. The molecule has 8 heteroatoms. The standard InChI is InChI=1S/C27H29N3O4S/c1-31-22-7-5-6-21(14-22)29-27-30(28-15-20-11-17-8-9-18(20)10-17)23(16-35-27)19-12-24(32-2)26(34-4)25(13-19)33-3/h5-9,12-18,20H,10-11H2,1-4H3. The summed E-state index contributed by atoms with van der Waals surface area (Å²) in [5.74, 6) is 4.19. The van der Waals surface area contributed by atoms with E-state index >= 15 is 0 Å². The van der Waals surface area contributed by atoms with Crippen molar-refractivity contribution >= 4 is 23.2 Å². The maximum absolute atomic E-state index is 5.59. The third kappa shape index (κ3) is 4.58. The van der Waals surface area contributed by atoms with Crippen LogP contribution in [0.15, 0.2) is 64.0 Å². The van der Waals surface area contributed by atoms with Crippen LogP contribution >= 0.6 is 11.3 Å². The molecule has 0 radical (unpaired) electrons. The highest BCUT2D eigenvalue weighted by molar-refractivity contribution is 7.07. The Kier molecular flexibility index (Phi) is 6.63. The average Bonchev–Trinajstić information content (AvgIpc) is 3.63. The van der Waals surface area contributed by atoms with Crippen molar-refractivity contribution in [2.24, 2.45) is 27.8 Å². The molecule has 2 bridgehead atoms. The highest BCUT2D eigenvalue weighted by Crippen LogP contribution is 2.43. The number of ether oxygens (including phenoxy) is 4. The van der Waals surface area contributed by atoms with Crippen molar-refractivity contribution in [1.29, 1.82) is 0 Å². The quantitative estimate of drug-likeness (QED) is 0.307. The molecule has 1 fully saturated rings. The lowest BCUT2D eigenvalue weighted by molar-refractivity contribution is 0.324. The van der Waals surface area contributed by atoms with E-state index in [1.807, 2.05) is 41.1 Å². The van der Waals surface area contributed by atoms with Gasteiger partial charge in [-0.05, 0) is 48.9 Å². The molecule has 35 heavy (non-hydrogen) atoms. The number of hydrogen-bond donors (Lipinski definition) is 0. The van der Waals surface area contributed by atoms with Crippen LogP contribution in [0.3, 0.4) is 0 Å². The Morgan fingerprint density at radius 1 is 0.943 bits per heavy atom. The van der Waals surface area contributed by atoms with Gasteiger partial charge in [-0.3, -0.25) is 0 Å². The number of thiazole rings is 1. The number of benzene rings is 2. The zero-order valence-electron chi connectivity index (χ0n) is 20.3. The lowest BCUT2D eigenvalue weighted by atomic mass is 9.95. The molecule has 0 saturated heterocycles. The molecule has 0 amide bonds. The van der Waals surface area contributed by atoms with Crippen molar-refractivity contribution < 1.29 is 18.9 Å². The number of nitrogens with zero attached hydrogens (tertiary/aromatic N) is 3. The summed E-state index contributed by atoms with van der Waals surface area (Å²) in [5.41, 5.74) is 2.59. The molecule has 2 aromatic carbocycles. The summed E-state index contributed by atoms with van der Waals surface area (Å²) in [6.45, 7) is 0. The van der Waals surface area contributed by atoms with Gasteiger partial charge < -0.3 is 18.9 Å². The van der Waals surface area contributed by atoms with Crippen molar-refractivity contribution in [3.63, 3.8) is 0 Å². The van der Waals surface area contributed by atoms with Crippen LogP contribution in [0.4, 0.5) is 5.69 Å². The minimum absolute atomic E-state index is 0.440. The van der Waals surface area contributed by atoms with Gasteiger partial charge in [0, 0.05) is 29.1 Å². The van der Waals surface area contributed by atoms with Crippen LogP contribution in [0.2, 0.25) is 0 Å². The van der Waals surface area contributed by atoms with E-state index in [-0.39, 0.29) is 0 Å². The molecule has 182 valence electrons. The fourth-order valence-electron chi connectivity index (χ4n) is 4.85. The Balaban J connectivity index is 1.63. The first kappa shape index (κ1) is 23.2. The summed E-state index contributed by atoms with van der Waals surface area (Å²) in [7, 11) is 6.49. The van der Waals surface area contributed by atoms with Gasteiger partial charge in [-0.1, -0.05) is 18.2 Å². The summed E-state index contributed by atoms with van der Waals surface area (Å²) in [6, 6.07) is 11.6. The Labute approximate surface area is 209 Å². The smallest absolute Gasteiger partial charge is 0.211 e. The second-order valence-electron chi connectivity index (χ2n) is 8.65. The zero-order valence-corrected chi connectivity index (χ0v) is 21.1. The van der Waals surface area contributed by atoms with Gasteiger partial charge in [0.25, 0.3) is 0 Å². The maximum Gasteiger partial charge on any atom is 0.211 e. The van der Waals surface area contributed by atoms with Crippen molar-refractivity contribution in [1.82, 2.24) is 4.68 Å². The first-order valence-corrected chi connectivity index (χ1v) is 12.4. The molecule has 2 aliphatic carbocycles. The predicted octanol–water partition coefficient (Wildman–Crippen LogP) is 5.53. The van der Waals surface area contributed by atoms with Gasteiger partial charge >= 0.3 is 0 Å². The molecule has 5 rings (SSSR count). The van der Waals surface area contributed by atoms with E-state index in [0.717, 1.165) is 33.9 Å². The van der Waals surface area contributed by atoms with Crippen LogP contribution in [0, 0.1) is 17.8 Å². The van der Waals surface area contributed by atoms with Gasteiger partial charge in [-0.2, -0.15) is 5.10 Å². The van der Waals surface area contributed by atoms with E-state index in [1.165, 1.54) is 17.8 Å². The van der Waals surface area contributed by atoms with Gasteiger partial charge in [-0.15, -0.1) is 11.3 Å². The normalized spacial score (nSPS) is 21.1. The molecular formula is C27H29N3O4S. The maximum atomic E-state index is 5.59. The van der Waals surface area contributed by atoms with E-state index in [2.05, 4.69) is 23.7 Å². The second-order valence-corrected chi connectivity index (χ2v) is 9.49. The summed E-state index contributed by atoms with van der Waals surface area (Å²) < 4.78 is 24.0. The van der Waals surface area contributed by atoms with Crippen molar-refractivity contribution in [3.05, 3.63) is 58.7 Å². The Hall–Kier alpha value is -3.52. The number of rotatable bonds is 8. The van der Waals surface area contributed by atoms with E-state index < -0.39 is 0 Å². The molecule has 3 aromatic rings. The van der Waals surface area contributed by atoms with Crippen molar-refractivity contribution in [2.45, 2.75) is 12.8 Å². The van der Waals surface area contributed by atoms with Crippen molar-refractivity contribution in [2.75, 3.05) is 28.4 Å². The fourth-order valence-corrected chi connectivity index (χ4v) is 5.71. The van der Waals surface area contributed by atoms with Gasteiger partial charge in [0.2, 0.25) is 10.6 Å². The minimum Gasteiger partial charge on any atom is -0.497 e. The number of allylic oxidation sites excluding steroid dienone is 2. The van der Waals surface area contributed by atoms with Crippen LogP contribution in [0.5, 0.6) is 23.0 Å². The van der Waals surface area contributed by atoms with Crippen LogP contribution in [0.1, 0.15) is 12.8 Å². The monoisotopic (exact) mass is 491 g/mol. The molecule has 3 unspecified atom stereocenters.